The van der Waals surface area contributed by atoms with E-state index in [-0.39, 0.29) is 12.2 Å². The van der Waals surface area contributed by atoms with Crippen molar-refractivity contribution in [3.05, 3.63) is 168 Å². The Morgan fingerprint density at radius 2 is 0.590 bits per heavy atom. The van der Waals surface area contributed by atoms with Gasteiger partial charge in [-0.05, 0) is 55.6 Å². The monoisotopic (exact) mass is 498 g/mol. The number of hydrogen-bond acceptors (Lipinski definition) is 1. The van der Waals surface area contributed by atoms with E-state index in [2.05, 4.69) is 146 Å². The number of ether oxygens (including phenoxy) is 1. The van der Waals surface area contributed by atoms with E-state index in [9.17, 15) is 0 Å². The normalized spacial score (nSPS) is 16.6. The molecule has 0 saturated carbocycles. The lowest BCUT2D eigenvalue weighted by Crippen LogP contribution is -2.10. The maximum absolute atomic E-state index is 6.92. The summed E-state index contributed by atoms with van der Waals surface area (Å²) in [6.45, 7) is 0. The van der Waals surface area contributed by atoms with Gasteiger partial charge in [-0.3, -0.25) is 0 Å². The molecule has 2 aliphatic rings. The van der Waals surface area contributed by atoms with Crippen molar-refractivity contribution in [2.45, 2.75) is 12.2 Å². The number of hydrogen-bond donors (Lipinski definition) is 0. The first-order valence-electron chi connectivity index (χ1n) is 13.6. The first-order chi connectivity index (χ1) is 19.4. The highest BCUT2D eigenvalue weighted by atomic mass is 16.5. The zero-order chi connectivity index (χ0) is 25.8. The minimum absolute atomic E-state index is 0.0915. The van der Waals surface area contributed by atoms with Crippen LogP contribution in [0.4, 0.5) is 0 Å². The summed E-state index contributed by atoms with van der Waals surface area (Å²) in [6, 6.07) is 52.3. The highest BCUT2D eigenvalue weighted by Gasteiger charge is 2.47. The third-order valence-corrected chi connectivity index (χ3v) is 8.19. The summed E-state index contributed by atoms with van der Waals surface area (Å²) in [4.78, 5) is 0. The van der Waals surface area contributed by atoms with Crippen molar-refractivity contribution in [1.29, 1.82) is 0 Å². The molecule has 1 heteroatoms. The van der Waals surface area contributed by atoms with Gasteiger partial charge in [0, 0.05) is 11.1 Å². The first kappa shape index (κ1) is 22.3. The number of benzene rings is 6. The van der Waals surface area contributed by atoms with Crippen LogP contribution in [0, 0.1) is 0 Å². The molecule has 39 heavy (non-hydrogen) atoms. The SMILES string of the molecule is c1ccc(-c2c(-c3ccccc3)c(-c3ccccc3)c3c(c2-c2ccccc2)C2OC3c3ccccc32)cc1. The Balaban J connectivity index is 1.61. The molecule has 184 valence electrons. The van der Waals surface area contributed by atoms with Crippen LogP contribution in [-0.2, 0) is 4.74 Å². The van der Waals surface area contributed by atoms with Gasteiger partial charge in [0.15, 0.2) is 0 Å². The molecular weight excluding hydrogens is 472 g/mol. The van der Waals surface area contributed by atoms with Gasteiger partial charge in [-0.25, -0.2) is 0 Å². The molecule has 0 spiro atoms. The van der Waals surface area contributed by atoms with Gasteiger partial charge in [0.2, 0.25) is 0 Å². The molecule has 0 N–H and O–H groups in total. The molecule has 2 heterocycles. The van der Waals surface area contributed by atoms with Crippen LogP contribution in [0.1, 0.15) is 34.5 Å². The third kappa shape index (κ3) is 3.37. The fourth-order valence-corrected chi connectivity index (χ4v) is 6.65. The summed E-state index contributed by atoms with van der Waals surface area (Å²) in [6.07, 6.45) is -0.183. The minimum atomic E-state index is -0.0915. The zero-order valence-corrected chi connectivity index (χ0v) is 21.4. The fourth-order valence-electron chi connectivity index (χ4n) is 6.65. The molecule has 2 atom stereocenters. The van der Waals surface area contributed by atoms with Gasteiger partial charge in [-0.1, -0.05) is 146 Å². The Labute approximate surface area is 229 Å². The highest BCUT2D eigenvalue weighted by molar-refractivity contribution is 6.05. The van der Waals surface area contributed by atoms with Crippen LogP contribution >= 0.6 is 0 Å². The van der Waals surface area contributed by atoms with Crippen molar-refractivity contribution >= 4 is 0 Å². The standard InChI is InChI=1S/C38H26O/c1-5-15-25(16-6-1)31-32(26-17-7-2-8-18-26)34(28-21-11-4-12-22-28)36-35(33(31)27-19-9-3-10-20-27)37-29-23-13-14-24-30(29)38(36)39-37/h1-24,37-38H. The van der Waals surface area contributed by atoms with Crippen molar-refractivity contribution in [2.75, 3.05) is 0 Å². The molecule has 0 aliphatic carbocycles. The van der Waals surface area contributed by atoms with Crippen LogP contribution < -0.4 is 0 Å². The summed E-state index contributed by atoms with van der Waals surface area (Å²) < 4.78 is 6.92. The largest absolute Gasteiger partial charge is 0.356 e. The molecule has 2 bridgehead atoms. The molecular formula is C38H26O. The number of rotatable bonds is 4. The van der Waals surface area contributed by atoms with E-state index >= 15 is 0 Å². The van der Waals surface area contributed by atoms with Crippen molar-refractivity contribution in [3.63, 3.8) is 0 Å². The lowest BCUT2D eigenvalue weighted by Gasteiger charge is -2.29. The second-order valence-corrected chi connectivity index (χ2v) is 10.3. The van der Waals surface area contributed by atoms with Gasteiger partial charge >= 0.3 is 0 Å². The first-order valence-corrected chi connectivity index (χ1v) is 13.6. The predicted molar refractivity (Wildman–Crippen MR) is 159 cm³/mol. The van der Waals surface area contributed by atoms with Crippen molar-refractivity contribution in [3.8, 4) is 44.5 Å². The minimum Gasteiger partial charge on any atom is -0.356 e. The Hall–Kier alpha value is -4.72. The van der Waals surface area contributed by atoms with E-state index in [1.165, 1.54) is 66.8 Å². The van der Waals surface area contributed by atoms with Gasteiger partial charge in [0.25, 0.3) is 0 Å². The van der Waals surface area contributed by atoms with Gasteiger partial charge in [-0.15, -0.1) is 0 Å². The molecule has 0 saturated heterocycles. The van der Waals surface area contributed by atoms with E-state index in [1.807, 2.05) is 0 Å². The second-order valence-electron chi connectivity index (χ2n) is 10.3. The second kappa shape index (κ2) is 8.94. The Kier molecular flexibility index (Phi) is 5.11. The molecule has 6 aromatic rings. The van der Waals surface area contributed by atoms with Crippen LogP contribution in [-0.4, -0.2) is 0 Å². The molecule has 6 aromatic carbocycles. The van der Waals surface area contributed by atoms with E-state index in [4.69, 9.17) is 4.74 Å². The highest BCUT2D eigenvalue weighted by Crippen LogP contribution is 2.63. The van der Waals surface area contributed by atoms with Gasteiger partial charge in [-0.2, -0.15) is 0 Å². The maximum atomic E-state index is 6.92. The summed E-state index contributed by atoms with van der Waals surface area (Å²) in [5.41, 5.74) is 15.1. The predicted octanol–water partition coefficient (Wildman–Crippen LogP) is 9.88. The van der Waals surface area contributed by atoms with Crippen LogP contribution in [0.15, 0.2) is 146 Å². The molecule has 8 rings (SSSR count). The lowest BCUT2D eigenvalue weighted by molar-refractivity contribution is 0.0861. The van der Waals surface area contributed by atoms with Crippen LogP contribution in [0.5, 0.6) is 0 Å². The maximum Gasteiger partial charge on any atom is 0.110 e. The van der Waals surface area contributed by atoms with Crippen LogP contribution in [0.2, 0.25) is 0 Å². The van der Waals surface area contributed by atoms with E-state index < -0.39 is 0 Å². The van der Waals surface area contributed by atoms with Gasteiger partial charge in [0.1, 0.15) is 12.2 Å². The van der Waals surface area contributed by atoms with Gasteiger partial charge in [0.05, 0.1) is 0 Å². The van der Waals surface area contributed by atoms with Crippen LogP contribution in [0.25, 0.3) is 44.5 Å². The molecule has 0 aromatic heterocycles. The fraction of sp³-hybridized carbons (Fsp3) is 0.0526. The molecule has 2 aliphatic heterocycles. The van der Waals surface area contributed by atoms with E-state index in [0.717, 1.165) is 0 Å². The topological polar surface area (TPSA) is 9.23 Å². The summed E-state index contributed by atoms with van der Waals surface area (Å²) in [5, 5.41) is 0. The Morgan fingerprint density at radius 3 is 0.923 bits per heavy atom. The average molecular weight is 499 g/mol. The summed E-state index contributed by atoms with van der Waals surface area (Å²) in [7, 11) is 0. The zero-order valence-electron chi connectivity index (χ0n) is 21.4. The third-order valence-electron chi connectivity index (χ3n) is 8.19. The molecule has 1 nitrogen and oxygen atoms in total. The smallest absolute Gasteiger partial charge is 0.110 e. The Bertz CT molecular complexity index is 1670. The Morgan fingerprint density at radius 1 is 0.308 bits per heavy atom. The van der Waals surface area contributed by atoms with E-state index in [0.29, 0.717) is 0 Å². The average Bonchev–Trinajstić information content (AvgIpc) is 3.60. The lowest BCUT2D eigenvalue weighted by atomic mass is 9.72. The van der Waals surface area contributed by atoms with E-state index in [1.54, 1.807) is 0 Å². The quantitative estimate of drug-likeness (QED) is 0.235. The number of fused-ring (bicyclic) bond motifs is 8. The van der Waals surface area contributed by atoms with Crippen molar-refractivity contribution in [1.82, 2.24) is 0 Å². The van der Waals surface area contributed by atoms with Gasteiger partial charge < -0.3 is 4.74 Å². The molecule has 0 radical (unpaired) electrons. The molecule has 0 amide bonds. The van der Waals surface area contributed by atoms with Crippen molar-refractivity contribution in [2.24, 2.45) is 0 Å². The summed E-state index contributed by atoms with van der Waals surface area (Å²) in [5.74, 6) is 0. The van der Waals surface area contributed by atoms with Crippen molar-refractivity contribution < 1.29 is 4.74 Å². The van der Waals surface area contributed by atoms with Crippen LogP contribution in [0.3, 0.4) is 0 Å². The molecule has 0 fully saturated rings. The molecule has 2 unspecified atom stereocenters. The summed E-state index contributed by atoms with van der Waals surface area (Å²) >= 11 is 0.